The molecule has 32 heavy (non-hydrogen) atoms. The number of unbranched alkanes of at least 4 members (excludes halogenated alkanes) is 2. The van der Waals surface area contributed by atoms with E-state index in [1.54, 1.807) is 35.6 Å². The van der Waals surface area contributed by atoms with Crippen LogP contribution in [0.1, 0.15) is 31.2 Å². The van der Waals surface area contributed by atoms with Gasteiger partial charge in [-0.25, -0.2) is 0 Å². The van der Waals surface area contributed by atoms with Gasteiger partial charge in [-0.3, -0.25) is 0 Å². The predicted octanol–water partition coefficient (Wildman–Crippen LogP) is 2.99. The number of ether oxygens (including phenoxy) is 1. The van der Waals surface area contributed by atoms with Gasteiger partial charge in [0.2, 0.25) is 0 Å². The van der Waals surface area contributed by atoms with Gasteiger partial charge >= 0.3 is 177 Å². The van der Waals surface area contributed by atoms with E-state index < -0.39 is 0 Å². The van der Waals surface area contributed by atoms with Gasteiger partial charge in [-0.15, -0.1) is 0 Å². The number of rotatable bonds is 8. The Morgan fingerprint density at radius 1 is 1.12 bits per heavy atom. The maximum atomic E-state index is 12.6. The van der Waals surface area contributed by atoms with Gasteiger partial charge in [-0.1, -0.05) is 11.6 Å². The van der Waals surface area contributed by atoms with Gasteiger partial charge in [0.05, 0.1) is 0 Å². The van der Waals surface area contributed by atoms with Crippen LogP contribution in [0.2, 0.25) is 5.02 Å². The number of fused-ring (bicyclic) bond motifs is 1. The van der Waals surface area contributed by atoms with Crippen molar-refractivity contribution < 1.29 is 9.53 Å². The molecule has 1 fully saturated rings. The molecule has 1 aromatic carbocycles. The molecule has 0 saturated carbocycles. The van der Waals surface area contributed by atoms with Gasteiger partial charge in [-0.05, 0) is 12.1 Å². The molecule has 1 aliphatic rings. The molecule has 1 saturated heterocycles. The molecular weight excluding hydrogens is 509 g/mol. The van der Waals surface area contributed by atoms with E-state index in [9.17, 15) is 4.79 Å². The van der Waals surface area contributed by atoms with Crippen LogP contribution in [0, 0.1) is 0 Å². The zero-order valence-electron chi connectivity index (χ0n) is 18.0. The zero-order valence-corrected chi connectivity index (χ0v) is 21.4. The van der Waals surface area contributed by atoms with Crippen molar-refractivity contribution in [3.63, 3.8) is 0 Å². The Labute approximate surface area is 205 Å². The van der Waals surface area contributed by atoms with Crippen LogP contribution < -0.4 is 14.2 Å². The summed E-state index contributed by atoms with van der Waals surface area (Å²) >= 11 is 9.98. The molecule has 2 radical (unpaired) electrons. The number of hydrogen-bond acceptors (Lipinski definition) is 7. The molecule has 0 spiro atoms. The van der Waals surface area contributed by atoms with Crippen molar-refractivity contribution >= 4 is 66.5 Å². The third-order valence-corrected chi connectivity index (χ3v) is 7.06. The van der Waals surface area contributed by atoms with Crippen molar-refractivity contribution in [3.8, 4) is 5.75 Å². The molecule has 0 bridgehead atoms. The number of carbonyl (C=O) groups excluding carboxylic acids is 1. The number of amides is 1. The van der Waals surface area contributed by atoms with Crippen molar-refractivity contribution in [2.75, 3.05) is 37.7 Å². The summed E-state index contributed by atoms with van der Waals surface area (Å²) in [5.74, 6) is 1.48. The second-order valence-corrected chi connectivity index (χ2v) is 10.0. The second kappa shape index (κ2) is 10.8. The van der Waals surface area contributed by atoms with Gasteiger partial charge < -0.3 is 0 Å². The van der Waals surface area contributed by atoms with Crippen molar-refractivity contribution in [1.82, 2.24) is 19.9 Å². The molecule has 10 heteroatoms. The molecular formula is C22H25AsClN5O2S. The molecule has 4 rings (SSSR count). The van der Waals surface area contributed by atoms with Crippen molar-refractivity contribution in [2.24, 2.45) is 0 Å². The average molecular weight is 534 g/mol. The molecule has 0 unspecified atom stereocenters. The number of carbonyl (C=O) groups is 1. The summed E-state index contributed by atoms with van der Waals surface area (Å²) in [5.41, 5.74) is 0.877. The van der Waals surface area contributed by atoms with Crippen LogP contribution in [0.15, 0.2) is 24.3 Å². The number of benzene rings is 1. The van der Waals surface area contributed by atoms with Gasteiger partial charge in [0.15, 0.2) is 0 Å². The van der Waals surface area contributed by atoms with Crippen LogP contribution in [0.25, 0.3) is 10.3 Å². The van der Waals surface area contributed by atoms with Crippen LogP contribution in [-0.2, 0) is 11.2 Å². The van der Waals surface area contributed by atoms with E-state index >= 15 is 0 Å². The fourth-order valence-electron chi connectivity index (χ4n) is 3.63. The van der Waals surface area contributed by atoms with Crippen LogP contribution in [0.5, 0.6) is 5.75 Å². The number of hydrogen-bond donors (Lipinski definition) is 0. The van der Waals surface area contributed by atoms with E-state index in [1.807, 2.05) is 4.90 Å². The Balaban J connectivity index is 1.37. The first kappa shape index (κ1) is 23.3. The quantitative estimate of drug-likeness (QED) is 0.327. The molecule has 2 aromatic heterocycles. The monoisotopic (exact) mass is 533 g/mol. The van der Waals surface area contributed by atoms with Crippen molar-refractivity contribution in [3.05, 3.63) is 34.3 Å². The number of piperazine rings is 1. The van der Waals surface area contributed by atoms with Crippen LogP contribution in [-0.4, -0.2) is 75.4 Å². The SMILES string of the molecule is CCCCCc1nc2c(N3CCN(C(=O)COc4ccc(Cl)cc4)CC3)nc([As])nc2s1. The average Bonchev–Trinajstić information content (AvgIpc) is 3.21. The summed E-state index contributed by atoms with van der Waals surface area (Å²) in [6.45, 7) is 4.87. The van der Waals surface area contributed by atoms with E-state index in [0.29, 0.717) is 41.6 Å². The van der Waals surface area contributed by atoms with E-state index in [0.717, 1.165) is 34.0 Å². The van der Waals surface area contributed by atoms with Gasteiger partial charge in [-0.2, -0.15) is 0 Å². The summed E-state index contributed by atoms with van der Waals surface area (Å²) in [4.78, 5) is 31.7. The molecule has 1 aliphatic heterocycles. The number of anilines is 1. The molecule has 3 aromatic rings. The third kappa shape index (κ3) is 5.72. The fraction of sp³-hybridized carbons (Fsp3) is 0.455. The first-order valence-electron chi connectivity index (χ1n) is 10.8. The topological polar surface area (TPSA) is 71.5 Å². The Morgan fingerprint density at radius 2 is 1.88 bits per heavy atom. The number of halogens is 1. The van der Waals surface area contributed by atoms with E-state index in [4.69, 9.17) is 21.3 Å². The Bertz CT molecular complexity index is 1070. The molecule has 168 valence electrons. The third-order valence-electron chi connectivity index (χ3n) is 5.37. The summed E-state index contributed by atoms with van der Waals surface area (Å²) in [5, 5.41) is 1.76. The summed E-state index contributed by atoms with van der Waals surface area (Å²) < 4.78 is 6.30. The van der Waals surface area contributed by atoms with Crippen LogP contribution in [0.4, 0.5) is 5.82 Å². The molecule has 0 aliphatic carbocycles. The molecule has 7 nitrogen and oxygen atoms in total. The first-order valence-corrected chi connectivity index (χ1v) is 12.9. The maximum absolute atomic E-state index is 12.6. The van der Waals surface area contributed by atoms with Crippen LogP contribution in [0.3, 0.4) is 0 Å². The molecule has 3 heterocycles. The first-order chi connectivity index (χ1) is 15.5. The Hall–Kier alpha value is -1.89. The van der Waals surface area contributed by atoms with E-state index in [-0.39, 0.29) is 12.5 Å². The molecule has 0 N–H and O–H groups in total. The standard InChI is InChI=1S/C22H25AsClN5O2S/c1-2-3-4-5-17-25-19-20(26-22(23)27-21(19)32-17)29-12-10-28(11-13-29)18(30)14-31-16-8-6-15(24)7-9-16/h6-9H,2-5,10-14H2,1H3. The minimum atomic E-state index is -0.0212. The summed E-state index contributed by atoms with van der Waals surface area (Å²) in [7, 11) is 0. The second-order valence-electron chi connectivity index (χ2n) is 7.68. The molecule has 1 amide bonds. The fourth-order valence-corrected chi connectivity index (χ4v) is 5.28. The minimum absolute atomic E-state index is 0.0170. The van der Waals surface area contributed by atoms with Crippen molar-refractivity contribution in [1.29, 1.82) is 0 Å². The number of aromatic nitrogens is 3. The summed E-state index contributed by atoms with van der Waals surface area (Å²) in [6, 6.07) is 7.02. The van der Waals surface area contributed by atoms with E-state index in [2.05, 4.69) is 38.6 Å². The zero-order chi connectivity index (χ0) is 22.5. The number of nitrogens with zero attached hydrogens (tertiary/aromatic N) is 5. The number of thiazole rings is 1. The predicted molar refractivity (Wildman–Crippen MR) is 130 cm³/mol. The Kier molecular flexibility index (Phi) is 7.87. The van der Waals surface area contributed by atoms with Crippen LogP contribution >= 0.6 is 22.9 Å². The van der Waals surface area contributed by atoms with Crippen molar-refractivity contribution in [2.45, 2.75) is 32.6 Å². The van der Waals surface area contributed by atoms with E-state index in [1.165, 1.54) is 12.8 Å². The Morgan fingerprint density at radius 3 is 2.59 bits per heavy atom. The van der Waals surface area contributed by atoms with Gasteiger partial charge in [0.1, 0.15) is 0 Å². The normalized spacial score (nSPS) is 14.2. The van der Waals surface area contributed by atoms with Gasteiger partial charge in [0, 0.05) is 5.02 Å². The summed E-state index contributed by atoms with van der Waals surface area (Å²) in [6.07, 6.45) is 4.54. The van der Waals surface area contributed by atoms with Gasteiger partial charge in [0.25, 0.3) is 0 Å². The number of aryl methyl sites for hydroxylation is 1. The molecule has 0 atom stereocenters.